The topological polar surface area (TPSA) is 64.9 Å². The molecule has 3 rings (SSSR count). The molecule has 0 fully saturated rings. The van der Waals surface area contributed by atoms with Gasteiger partial charge in [0.05, 0.1) is 13.0 Å². The number of carbonyl (C=O) groups is 1. The molecule has 4 N–H and O–H groups in total. The van der Waals surface area contributed by atoms with Crippen molar-refractivity contribution >= 4 is 16.7 Å². The number of carboxylic acids is 1. The van der Waals surface area contributed by atoms with Gasteiger partial charge in [-0.15, -0.1) is 0 Å². The Morgan fingerprint density at radius 3 is 2.11 bits per heavy atom. The largest absolute Gasteiger partial charge is 0.481 e. The molecule has 2 aromatic rings. The van der Waals surface area contributed by atoms with Crippen LogP contribution >= 0.6 is 0 Å². The molecule has 0 aromatic heterocycles. The number of benzene rings is 2. The van der Waals surface area contributed by atoms with Gasteiger partial charge in [0.25, 0.3) is 0 Å². The van der Waals surface area contributed by atoms with Crippen molar-refractivity contribution in [1.82, 2.24) is 0 Å². The second-order valence-electron chi connectivity index (χ2n) is 5.64. The molecule has 0 aliphatic heterocycles. The van der Waals surface area contributed by atoms with Crippen LogP contribution in [0.15, 0.2) is 36.4 Å². The van der Waals surface area contributed by atoms with E-state index < -0.39 is 5.97 Å². The Hall–Kier alpha value is -1.87. The van der Waals surface area contributed by atoms with Crippen LogP contribution in [0.3, 0.4) is 0 Å². The van der Waals surface area contributed by atoms with E-state index in [0.29, 0.717) is 6.54 Å². The Kier molecular flexibility index (Phi) is 2.79. The van der Waals surface area contributed by atoms with Gasteiger partial charge in [0.2, 0.25) is 0 Å². The first-order chi connectivity index (χ1) is 9.12. The van der Waals surface area contributed by atoms with Crippen LogP contribution < -0.4 is 5.73 Å². The Morgan fingerprint density at radius 2 is 1.68 bits per heavy atom. The summed E-state index contributed by atoms with van der Waals surface area (Å²) in [6.45, 7) is 0.671. The summed E-state index contributed by atoms with van der Waals surface area (Å²) in [5.74, 6) is -0.721. The number of hydrogen-bond acceptors (Lipinski definition) is 1. The van der Waals surface area contributed by atoms with E-state index in [1.165, 1.54) is 21.9 Å². The molecule has 2 aromatic carbocycles. The number of quaternary nitrogens is 1. The molecule has 0 bridgehead atoms. The average Bonchev–Trinajstić information content (AvgIpc) is 2.72. The molecule has 3 nitrogen and oxygen atoms in total. The van der Waals surface area contributed by atoms with Crippen LogP contribution in [-0.4, -0.2) is 17.6 Å². The second kappa shape index (κ2) is 4.35. The molecule has 0 unspecified atom stereocenters. The van der Waals surface area contributed by atoms with Crippen LogP contribution in [0.25, 0.3) is 10.8 Å². The SMILES string of the molecule is [NH3+]CC1(CC(=O)O)Cc2cc3ccccc3cc2C1. The van der Waals surface area contributed by atoms with Crippen molar-refractivity contribution in [2.45, 2.75) is 19.3 Å². The summed E-state index contributed by atoms with van der Waals surface area (Å²) in [7, 11) is 0. The maximum Gasteiger partial charge on any atom is 0.304 e. The third-order valence-electron chi connectivity index (χ3n) is 4.26. The van der Waals surface area contributed by atoms with Gasteiger partial charge in [0.15, 0.2) is 0 Å². The lowest BCUT2D eigenvalue weighted by Gasteiger charge is -2.22. The Balaban J connectivity index is 2.03. The zero-order valence-corrected chi connectivity index (χ0v) is 10.9. The quantitative estimate of drug-likeness (QED) is 0.876. The van der Waals surface area contributed by atoms with E-state index in [0.717, 1.165) is 12.8 Å². The van der Waals surface area contributed by atoms with E-state index in [-0.39, 0.29) is 11.8 Å². The smallest absolute Gasteiger partial charge is 0.304 e. The highest BCUT2D eigenvalue weighted by Gasteiger charge is 2.40. The molecule has 0 spiro atoms. The fourth-order valence-corrected chi connectivity index (χ4v) is 3.25. The molecular formula is C16H18NO2+. The molecule has 0 atom stereocenters. The van der Waals surface area contributed by atoms with Gasteiger partial charge in [-0.1, -0.05) is 36.4 Å². The van der Waals surface area contributed by atoms with Crippen LogP contribution in [0.2, 0.25) is 0 Å². The van der Waals surface area contributed by atoms with Crippen molar-refractivity contribution in [2.24, 2.45) is 5.41 Å². The first-order valence-electron chi connectivity index (χ1n) is 6.63. The van der Waals surface area contributed by atoms with Gasteiger partial charge < -0.3 is 10.8 Å². The van der Waals surface area contributed by atoms with E-state index >= 15 is 0 Å². The van der Waals surface area contributed by atoms with Crippen molar-refractivity contribution in [1.29, 1.82) is 0 Å². The Labute approximate surface area is 112 Å². The minimum Gasteiger partial charge on any atom is -0.481 e. The van der Waals surface area contributed by atoms with Crippen molar-refractivity contribution in [3.8, 4) is 0 Å². The summed E-state index contributed by atoms with van der Waals surface area (Å²) in [5, 5.41) is 11.6. The summed E-state index contributed by atoms with van der Waals surface area (Å²) < 4.78 is 0. The summed E-state index contributed by atoms with van der Waals surface area (Å²) >= 11 is 0. The van der Waals surface area contributed by atoms with Crippen LogP contribution in [0.4, 0.5) is 0 Å². The van der Waals surface area contributed by atoms with Gasteiger partial charge >= 0.3 is 5.97 Å². The lowest BCUT2D eigenvalue weighted by atomic mass is 9.81. The normalized spacial score (nSPS) is 16.5. The molecule has 0 amide bonds. The van der Waals surface area contributed by atoms with Crippen molar-refractivity contribution in [2.75, 3.05) is 6.54 Å². The van der Waals surface area contributed by atoms with Gasteiger partial charge in [-0.25, -0.2) is 0 Å². The Morgan fingerprint density at radius 1 is 1.16 bits per heavy atom. The zero-order valence-electron chi connectivity index (χ0n) is 10.9. The van der Waals surface area contributed by atoms with Crippen molar-refractivity contribution in [3.05, 3.63) is 47.5 Å². The predicted octanol–water partition coefficient (Wildman–Crippen LogP) is 1.64. The number of fused-ring (bicyclic) bond motifs is 2. The molecule has 0 heterocycles. The molecule has 3 heteroatoms. The van der Waals surface area contributed by atoms with E-state index in [1.54, 1.807) is 0 Å². The summed E-state index contributed by atoms with van der Waals surface area (Å²) in [6.07, 6.45) is 1.88. The first-order valence-corrected chi connectivity index (χ1v) is 6.63. The Bertz CT molecular complexity index is 604. The molecule has 0 saturated heterocycles. The summed E-state index contributed by atoms with van der Waals surface area (Å²) in [6, 6.07) is 12.7. The van der Waals surface area contributed by atoms with E-state index in [2.05, 4.69) is 30.0 Å². The second-order valence-corrected chi connectivity index (χ2v) is 5.64. The minimum absolute atomic E-state index is 0.189. The lowest BCUT2D eigenvalue weighted by molar-refractivity contribution is -0.392. The highest BCUT2D eigenvalue weighted by Crippen LogP contribution is 2.40. The maximum absolute atomic E-state index is 11.1. The first kappa shape index (κ1) is 12.2. The molecular weight excluding hydrogens is 238 g/mol. The molecule has 19 heavy (non-hydrogen) atoms. The molecule has 0 saturated carbocycles. The molecule has 0 radical (unpaired) electrons. The fraction of sp³-hybridized carbons (Fsp3) is 0.312. The molecule has 1 aliphatic rings. The number of rotatable bonds is 3. The van der Waals surface area contributed by atoms with E-state index in [9.17, 15) is 4.79 Å². The highest BCUT2D eigenvalue weighted by atomic mass is 16.4. The maximum atomic E-state index is 11.1. The van der Waals surface area contributed by atoms with Crippen molar-refractivity contribution in [3.63, 3.8) is 0 Å². The van der Waals surface area contributed by atoms with Gasteiger partial charge in [0.1, 0.15) is 0 Å². The third-order valence-corrected chi connectivity index (χ3v) is 4.26. The standard InChI is InChI=1S/C16H17NO2/c17-10-16(9-15(18)19)7-13-5-11-3-1-2-4-12(11)6-14(13)8-16/h1-6H,7-10,17H2,(H,18,19)/p+1. The van der Waals surface area contributed by atoms with Crippen LogP contribution in [0.1, 0.15) is 17.5 Å². The van der Waals surface area contributed by atoms with Crippen LogP contribution in [0.5, 0.6) is 0 Å². The monoisotopic (exact) mass is 256 g/mol. The minimum atomic E-state index is -0.721. The van der Waals surface area contributed by atoms with E-state index in [4.69, 9.17) is 5.11 Å². The fourth-order valence-electron chi connectivity index (χ4n) is 3.25. The summed E-state index contributed by atoms with van der Waals surface area (Å²) in [4.78, 5) is 11.1. The van der Waals surface area contributed by atoms with Crippen LogP contribution in [0, 0.1) is 5.41 Å². The van der Waals surface area contributed by atoms with Gasteiger partial charge in [-0.05, 0) is 34.7 Å². The van der Waals surface area contributed by atoms with Gasteiger partial charge in [-0.2, -0.15) is 0 Å². The molecule has 98 valence electrons. The lowest BCUT2D eigenvalue weighted by Crippen LogP contribution is -2.59. The summed E-state index contributed by atoms with van der Waals surface area (Å²) in [5.41, 5.74) is 6.38. The van der Waals surface area contributed by atoms with Crippen LogP contribution in [-0.2, 0) is 17.6 Å². The number of aliphatic carboxylic acids is 1. The van der Waals surface area contributed by atoms with Crippen molar-refractivity contribution < 1.29 is 15.6 Å². The van der Waals surface area contributed by atoms with Gasteiger partial charge in [0, 0.05) is 5.41 Å². The average molecular weight is 256 g/mol. The number of hydrogen-bond donors (Lipinski definition) is 2. The predicted molar refractivity (Wildman–Crippen MR) is 73.8 cm³/mol. The van der Waals surface area contributed by atoms with Gasteiger partial charge in [-0.3, -0.25) is 4.79 Å². The zero-order chi connectivity index (χ0) is 13.5. The highest BCUT2D eigenvalue weighted by molar-refractivity contribution is 5.84. The third kappa shape index (κ3) is 2.10. The van der Waals surface area contributed by atoms with E-state index in [1.807, 2.05) is 12.1 Å². The number of carboxylic acid groups (broad SMARTS) is 1. The molecule has 1 aliphatic carbocycles.